The molecule has 0 radical (unpaired) electrons. The number of thiazole rings is 1. The Hall–Kier alpha value is -1.46. The van der Waals surface area contributed by atoms with Gasteiger partial charge in [-0.2, -0.15) is 0 Å². The monoisotopic (exact) mass is 275 g/mol. The minimum absolute atomic E-state index is 0.0873. The SMILES string of the molecule is CC(NC1CCCNC1=O)c1nc2ccccc2s1. The summed E-state index contributed by atoms with van der Waals surface area (Å²) in [5.74, 6) is 0.110. The van der Waals surface area contributed by atoms with Crippen molar-refractivity contribution in [2.45, 2.75) is 31.8 Å². The lowest BCUT2D eigenvalue weighted by Crippen LogP contribution is -2.48. The predicted octanol–water partition coefficient (Wildman–Crippen LogP) is 2.23. The molecule has 0 saturated carbocycles. The maximum absolute atomic E-state index is 11.7. The van der Waals surface area contributed by atoms with Gasteiger partial charge in [-0.25, -0.2) is 4.98 Å². The summed E-state index contributed by atoms with van der Waals surface area (Å²) in [4.78, 5) is 16.4. The number of hydrogen-bond acceptors (Lipinski definition) is 4. The number of hydrogen-bond donors (Lipinski definition) is 2. The zero-order valence-electron chi connectivity index (χ0n) is 10.8. The molecular weight excluding hydrogens is 258 g/mol. The summed E-state index contributed by atoms with van der Waals surface area (Å²) in [6.45, 7) is 2.87. The average molecular weight is 275 g/mol. The Kier molecular flexibility index (Phi) is 3.48. The van der Waals surface area contributed by atoms with E-state index in [-0.39, 0.29) is 18.0 Å². The summed E-state index contributed by atoms with van der Waals surface area (Å²) in [6, 6.07) is 8.14. The number of amides is 1. The van der Waals surface area contributed by atoms with Gasteiger partial charge < -0.3 is 5.32 Å². The summed E-state index contributed by atoms with van der Waals surface area (Å²) >= 11 is 1.69. The van der Waals surface area contributed by atoms with Crippen LogP contribution in [0.4, 0.5) is 0 Å². The molecule has 1 aliphatic heterocycles. The fourth-order valence-corrected chi connectivity index (χ4v) is 3.36. The van der Waals surface area contributed by atoms with Gasteiger partial charge in [-0.1, -0.05) is 12.1 Å². The van der Waals surface area contributed by atoms with E-state index in [4.69, 9.17) is 0 Å². The maximum Gasteiger partial charge on any atom is 0.237 e. The Labute approximate surface area is 116 Å². The molecule has 5 heteroatoms. The molecule has 1 aliphatic rings. The summed E-state index contributed by atoms with van der Waals surface area (Å²) < 4.78 is 1.19. The van der Waals surface area contributed by atoms with Gasteiger partial charge in [0, 0.05) is 6.54 Å². The summed E-state index contributed by atoms with van der Waals surface area (Å²) in [5, 5.41) is 7.32. The van der Waals surface area contributed by atoms with Crippen LogP contribution in [-0.2, 0) is 4.79 Å². The summed E-state index contributed by atoms with van der Waals surface area (Å²) in [5.41, 5.74) is 1.03. The van der Waals surface area contributed by atoms with Gasteiger partial charge in [-0.3, -0.25) is 10.1 Å². The van der Waals surface area contributed by atoms with E-state index in [0.29, 0.717) is 0 Å². The first-order valence-electron chi connectivity index (χ1n) is 6.63. The standard InChI is InChI=1S/C14H17N3OS/c1-9(16-11-6-4-8-15-13(11)18)14-17-10-5-2-3-7-12(10)19-14/h2-3,5,7,9,11,16H,4,6,8H2,1H3,(H,15,18). The van der Waals surface area contributed by atoms with Crippen LogP contribution in [-0.4, -0.2) is 23.5 Å². The van der Waals surface area contributed by atoms with Gasteiger partial charge in [0.05, 0.1) is 22.3 Å². The van der Waals surface area contributed by atoms with Crippen molar-refractivity contribution in [2.75, 3.05) is 6.54 Å². The van der Waals surface area contributed by atoms with Crippen LogP contribution in [0.15, 0.2) is 24.3 Å². The Morgan fingerprint density at radius 3 is 3.11 bits per heavy atom. The Morgan fingerprint density at radius 1 is 1.47 bits per heavy atom. The van der Waals surface area contributed by atoms with E-state index in [1.165, 1.54) is 4.70 Å². The average Bonchev–Trinajstić information content (AvgIpc) is 2.85. The molecule has 0 spiro atoms. The molecule has 0 aliphatic carbocycles. The van der Waals surface area contributed by atoms with Crippen molar-refractivity contribution < 1.29 is 4.79 Å². The lowest BCUT2D eigenvalue weighted by Gasteiger charge is -2.25. The van der Waals surface area contributed by atoms with Gasteiger partial charge in [-0.05, 0) is 31.9 Å². The van der Waals surface area contributed by atoms with Gasteiger partial charge in [0.25, 0.3) is 0 Å². The highest BCUT2D eigenvalue weighted by molar-refractivity contribution is 7.18. The number of carbonyl (C=O) groups is 1. The highest BCUT2D eigenvalue weighted by Gasteiger charge is 2.24. The Morgan fingerprint density at radius 2 is 2.32 bits per heavy atom. The quantitative estimate of drug-likeness (QED) is 0.903. The smallest absolute Gasteiger partial charge is 0.237 e. The van der Waals surface area contributed by atoms with E-state index in [9.17, 15) is 4.79 Å². The number of benzene rings is 1. The van der Waals surface area contributed by atoms with E-state index in [0.717, 1.165) is 29.9 Å². The number of piperidine rings is 1. The second-order valence-corrected chi connectivity index (χ2v) is 5.96. The van der Waals surface area contributed by atoms with Crippen molar-refractivity contribution in [3.05, 3.63) is 29.3 Å². The largest absolute Gasteiger partial charge is 0.355 e. The molecule has 1 aromatic carbocycles. The number of nitrogens with zero attached hydrogens (tertiary/aromatic N) is 1. The van der Waals surface area contributed by atoms with E-state index in [1.807, 2.05) is 18.2 Å². The second-order valence-electron chi connectivity index (χ2n) is 4.89. The third-order valence-corrected chi connectivity index (χ3v) is 4.64. The van der Waals surface area contributed by atoms with Crippen LogP contribution in [0, 0.1) is 0 Å². The zero-order chi connectivity index (χ0) is 13.2. The topological polar surface area (TPSA) is 54.0 Å². The summed E-state index contributed by atoms with van der Waals surface area (Å²) in [6.07, 6.45) is 1.94. The first-order chi connectivity index (χ1) is 9.24. The molecular formula is C14H17N3OS. The molecule has 1 amide bonds. The van der Waals surface area contributed by atoms with Crippen molar-refractivity contribution >= 4 is 27.5 Å². The zero-order valence-corrected chi connectivity index (χ0v) is 11.7. The molecule has 0 bridgehead atoms. The summed E-state index contributed by atoms with van der Waals surface area (Å²) in [7, 11) is 0. The van der Waals surface area contributed by atoms with Crippen molar-refractivity contribution in [3.63, 3.8) is 0 Å². The maximum atomic E-state index is 11.7. The molecule has 100 valence electrons. The molecule has 2 atom stereocenters. The van der Waals surface area contributed by atoms with Gasteiger partial charge >= 0.3 is 0 Å². The first kappa shape index (κ1) is 12.6. The van der Waals surface area contributed by atoms with Crippen LogP contribution < -0.4 is 10.6 Å². The van der Waals surface area contributed by atoms with E-state index in [2.05, 4.69) is 28.6 Å². The third kappa shape index (κ3) is 2.62. The van der Waals surface area contributed by atoms with E-state index in [1.54, 1.807) is 11.3 Å². The minimum Gasteiger partial charge on any atom is -0.355 e. The molecule has 2 heterocycles. The molecule has 3 rings (SSSR count). The highest BCUT2D eigenvalue weighted by Crippen LogP contribution is 2.26. The van der Waals surface area contributed by atoms with Crippen LogP contribution in [0.5, 0.6) is 0 Å². The molecule has 2 unspecified atom stereocenters. The molecule has 2 aromatic rings. The van der Waals surface area contributed by atoms with E-state index >= 15 is 0 Å². The lowest BCUT2D eigenvalue weighted by atomic mass is 10.1. The molecule has 4 nitrogen and oxygen atoms in total. The molecule has 1 aromatic heterocycles. The van der Waals surface area contributed by atoms with Crippen molar-refractivity contribution in [1.82, 2.24) is 15.6 Å². The normalized spacial score (nSPS) is 21.3. The second kappa shape index (κ2) is 5.27. The van der Waals surface area contributed by atoms with Crippen LogP contribution in [0.2, 0.25) is 0 Å². The number of para-hydroxylation sites is 1. The van der Waals surface area contributed by atoms with Crippen LogP contribution in [0.1, 0.15) is 30.8 Å². The van der Waals surface area contributed by atoms with Gasteiger partial charge in [0.15, 0.2) is 0 Å². The van der Waals surface area contributed by atoms with Crippen LogP contribution in [0.3, 0.4) is 0 Å². The van der Waals surface area contributed by atoms with Gasteiger partial charge in [0.2, 0.25) is 5.91 Å². The van der Waals surface area contributed by atoms with Crippen LogP contribution >= 0.6 is 11.3 Å². The predicted molar refractivity (Wildman–Crippen MR) is 77.2 cm³/mol. The van der Waals surface area contributed by atoms with Gasteiger partial charge in [0.1, 0.15) is 5.01 Å². The minimum atomic E-state index is -0.0873. The number of fused-ring (bicyclic) bond motifs is 1. The van der Waals surface area contributed by atoms with Gasteiger partial charge in [-0.15, -0.1) is 11.3 Å². The third-order valence-electron chi connectivity index (χ3n) is 3.42. The first-order valence-corrected chi connectivity index (χ1v) is 7.45. The molecule has 19 heavy (non-hydrogen) atoms. The van der Waals surface area contributed by atoms with Crippen molar-refractivity contribution in [2.24, 2.45) is 0 Å². The fourth-order valence-electron chi connectivity index (χ4n) is 2.38. The molecule has 1 fully saturated rings. The van der Waals surface area contributed by atoms with Crippen LogP contribution in [0.25, 0.3) is 10.2 Å². The van der Waals surface area contributed by atoms with Crippen molar-refractivity contribution in [1.29, 1.82) is 0 Å². The number of nitrogens with one attached hydrogen (secondary N) is 2. The fraction of sp³-hybridized carbons (Fsp3) is 0.429. The molecule has 1 saturated heterocycles. The number of aromatic nitrogens is 1. The number of rotatable bonds is 3. The Bertz CT molecular complexity index is 562. The lowest BCUT2D eigenvalue weighted by molar-refractivity contribution is -0.124. The molecule has 2 N–H and O–H groups in total. The van der Waals surface area contributed by atoms with Crippen molar-refractivity contribution in [3.8, 4) is 0 Å². The number of carbonyl (C=O) groups excluding carboxylic acids is 1. The highest BCUT2D eigenvalue weighted by atomic mass is 32.1. The van der Waals surface area contributed by atoms with E-state index < -0.39 is 0 Å². The Balaban J connectivity index is 1.75.